The van der Waals surface area contributed by atoms with Crippen molar-refractivity contribution in [3.05, 3.63) is 204 Å². The standard InChI is InChI=1S/C56H42/c1-55(2)48-30-14-12-24-40(48)47-34-46(52-45-29-13-15-31-49(45)56(3,4)54(52)53(47)55)37-21-17-23-39(33-37)51-43-27-10-8-25-41(43)50(42-26-9-11-28-44(42)51)38-22-16-20-36(32-38)35-18-6-5-7-19-35/h5-34H,1-4H3. The zero-order chi connectivity index (χ0) is 37.8. The largest absolute Gasteiger partial charge is 0.0622 e. The lowest BCUT2D eigenvalue weighted by molar-refractivity contribution is 0.601. The van der Waals surface area contributed by atoms with E-state index in [1.807, 2.05) is 0 Å². The molecule has 0 unspecified atom stereocenters. The van der Waals surface area contributed by atoms with Gasteiger partial charge in [-0.3, -0.25) is 0 Å². The van der Waals surface area contributed by atoms with Crippen LogP contribution in [-0.4, -0.2) is 0 Å². The summed E-state index contributed by atoms with van der Waals surface area (Å²) < 4.78 is 0. The Morgan fingerprint density at radius 1 is 0.268 bits per heavy atom. The molecule has 0 amide bonds. The second kappa shape index (κ2) is 12.0. The molecule has 0 heterocycles. The van der Waals surface area contributed by atoms with Gasteiger partial charge in [0, 0.05) is 10.8 Å². The summed E-state index contributed by atoms with van der Waals surface area (Å²) in [6.07, 6.45) is 0. The molecule has 0 saturated carbocycles. The van der Waals surface area contributed by atoms with Gasteiger partial charge in [-0.2, -0.15) is 0 Å². The van der Waals surface area contributed by atoms with Crippen LogP contribution in [0.4, 0.5) is 0 Å². The average Bonchev–Trinajstić information content (AvgIpc) is 3.62. The first-order valence-electron chi connectivity index (χ1n) is 19.9. The smallest absolute Gasteiger partial charge is 0.0162 e. The predicted octanol–water partition coefficient (Wildman–Crippen LogP) is 15.3. The van der Waals surface area contributed by atoms with Crippen LogP contribution in [0, 0.1) is 0 Å². The van der Waals surface area contributed by atoms with E-state index in [0.29, 0.717) is 0 Å². The van der Waals surface area contributed by atoms with Crippen molar-refractivity contribution >= 4 is 21.5 Å². The third kappa shape index (κ3) is 4.60. The van der Waals surface area contributed by atoms with Crippen molar-refractivity contribution in [2.45, 2.75) is 38.5 Å². The molecular weight excluding hydrogens is 673 g/mol. The van der Waals surface area contributed by atoms with Gasteiger partial charge in [0.2, 0.25) is 0 Å². The second-order valence-electron chi connectivity index (χ2n) is 16.8. The summed E-state index contributed by atoms with van der Waals surface area (Å²) in [5, 5.41) is 5.07. The molecule has 0 nitrogen and oxygen atoms in total. The quantitative estimate of drug-likeness (QED) is 0.159. The Bertz CT molecular complexity index is 3010. The van der Waals surface area contributed by atoms with E-state index in [-0.39, 0.29) is 10.8 Å². The minimum absolute atomic E-state index is 0.101. The van der Waals surface area contributed by atoms with Gasteiger partial charge in [-0.25, -0.2) is 0 Å². The van der Waals surface area contributed by atoms with Crippen LogP contribution < -0.4 is 0 Å². The van der Waals surface area contributed by atoms with Crippen LogP contribution in [0.25, 0.3) is 88.3 Å². The number of benzene rings is 9. The normalized spacial score (nSPS) is 14.4. The molecule has 0 heteroatoms. The summed E-state index contributed by atoms with van der Waals surface area (Å²) in [6.45, 7) is 9.73. The van der Waals surface area contributed by atoms with Gasteiger partial charge in [0.25, 0.3) is 0 Å². The van der Waals surface area contributed by atoms with Crippen LogP contribution in [0.3, 0.4) is 0 Å². The van der Waals surface area contributed by atoms with E-state index >= 15 is 0 Å². The van der Waals surface area contributed by atoms with E-state index in [2.05, 4.69) is 210 Å². The molecule has 11 rings (SSSR count). The maximum atomic E-state index is 2.53. The van der Waals surface area contributed by atoms with Crippen LogP contribution in [0.1, 0.15) is 49.9 Å². The Hall–Kier alpha value is -6.50. The number of hydrogen-bond acceptors (Lipinski definition) is 0. The van der Waals surface area contributed by atoms with E-state index in [4.69, 9.17) is 0 Å². The number of fused-ring (bicyclic) bond motifs is 9. The van der Waals surface area contributed by atoms with Crippen LogP contribution in [0.15, 0.2) is 182 Å². The first-order valence-corrected chi connectivity index (χ1v) is 19.9. The van der Waals surface area contributed by atoms with Crippen LogP contribution >= 0.6 is 0 Å². The topological polar surface area (TPSA) is 0 Å². The van der Waals surface area contributed by atoms with Gasteiger partial charge >= 0.3 is 0 Å². The maximum Gasteiger partial charge on any atom is 0.0162 e. The Labute approximate surface area is 329 Å². The Morgan fingerprint density at radius 3 is 1.30 bits per heavy atom. The molecular formula is C56H42. The molecule has 0 aliphatic heterocycles. The fraction of sp³-hybridized carbons (Fsp3) is 0.107. The molecule has 266 valence electrons. The fourth-order valence-electron chi connectivity index (χ4n) is 10.5. The average molecular weight is 715 g/mol. The summed E-state index contributed by atoms with van der Waals surface area (Å²) in [7, 11) is 0. The van der Waals surface area contributed by atoms with Gasteiger partial charge in [-0.15, -0.1) is 0 Å². The van der Waals surface area contributed by atoms with E-state index in [9.17, 15) is 0 Å². The molecule has 56 heavy (non-hydrogen) atoms. The van der Waals surface area contributed by atoms with Crippen molar-refractivity contribution in [3.63, 3.8) is 0 Å². The van der Waals surface area contributed by atoms with Gasteiger partial charge in [-0.05, 0) is 129 Å². The Morgan fingerprint density at radius 2 is 0.696 bits per heavy atom. The van der Waals surface area contributed by atoms with Gasteiger partial charge in [0.1, 0.15) is 0 Å². The van der Waals surface area contributed by atoms with Crippen molar-refractivity contribution in [3.8, 4) is 66.8 Å². The highest BCUT2D eigenvalue weighted by Crippen LogP contribution is 2.61. The summed E-state index contributed by atoms with van der Waals surface area (Å²) in [5.41, 5.74) is 21.1. The molecule has 2 aliphatic rings. The van der Waals surface area contributed by atoms with Crippen molar-refractivity contribution in [2.24, 2.45) is 0 Å². The SMILES string of the molecule is CC1(C)c2ccccc2-c2cc(-c3cccc(-c4c5ccccc5c(-c5cccc(-c6ccccc6)c5)c5ccccc45)c3)c3c(c21)C(C)(C)c1ccccc1-3. The third-order valence-corrected chi connectivity index (χ3v) is 13.0. The second-order valence-corrected chi connectivity index (χ2v) is 16.8. The molecule has 9 aromatic carbocycles. The highest BCUT2D eigenvalue weighted by molar-refractivity contribution is 6.21. The third-order valence-electron chi connectivity index (χ3n) is 13.0. The zero-order valence-corrected chi connectivity index (χ0v) is 32.3. The first kappa shape index (κ1) is 32.9. The minimum Gasteiger partial charge on any atom is -0.0622 e. The van der Waals surface area contributed by atoms with E-state index in [1.54, 1.807) is 0 Å². The zero-order valence-electron chi connectivity index (χ0n) is 32.3. The molecule has 0 radical (unpaired) electrons. The lowest BCUT2D eigenvalue weighted by atomic mass is 9.71. The van der Waals surface area contributed by atoms with Crippen LogP contribution in [0.2, 0.25) is 0 Å². The Kier molecular flexibility index (Phi) is 7.05. The molecule has 0 bridgehead atoms. The van der Waals surface area contributed by atoms with Crippen molar-refractivity contribution in [1.29, 1.82) is 0 Å². The van der Waals surface area contributed by atoms with Crippen molar-refractivity contribution < 1.29 is 0 Å². The number of hydrogen-bond donors (Lipinski definition) is 0. The summed E-state index contributed by atoms with van der Waals surface area (Å²) in [6, 6.07) is 67.9. The molecule has 0 N–H and O–H groups in total. The van der Waals surface area contributed by atoms with Gasteiger partial charge in [0.05, 0.1) is 0 Å². The Balaban J connectivity index is 1.17. The molecule has 0 atom stereocenters. The predicted molar refractivity (Wildman–Crippen MR) is 238 cm³/mol. The molecule has 2 aliphatic carbocycles. The monoisotopic (exact) mass is 714 g/mol. The lowest BCUT2D eigenvalue weighted by Crippen LogP contribution is -2.24. The fourth-order valence-corrected chi connectivity index (χ4v) is 10.5. The van der Waals surface area contributed by atoms with Crippen molar-refractivity contribution in [2.75, 3.05) is 0 Å². The summed E-state index contributed by atoms with van der Waals surface area (Å²) >= 11 is 0. The van der Waals surface area contributed by atoms with E-state index in [0.717, 1.165) is 0 Å². The van der Waals surface area contributed by atoms with Gasteiger partial charge < -0.3 is 0 Å². The summed E-state index contributed by atoms with van der Waals surface area (Å²) in [5.74, 6) is 0. The lowest BCUT2D eigenvalue weighted by Gasteiger charge is -2.31. The van der Waals surface area contributed by atoms with Crippen LogP contribution in [-0.2, 0) is 10.8 Å². The number of rotatable bonds is 4. The highest BCUT2D eigenvalue weighted by Gasteiger charge is 2.46. The van der Waals surface area contributed by atoms with Gasteiger partial charge in [-0.1, -0.05) is 191 Å². The molecule has 0 spiro atoms. The van der Waals surface area contributed by atoms with Crippen LogP contribution in [0.5, 0.6) is 0 Å². The van der Waals surface area contributed by atoms with Crippen molar-refractivity contribution in [1.82, 2.24) is 0 Å². The first-order chi connectivity index (χ1) is 27.3. The van der Waals surface area contributed by atoms with Gasteiger partial charge in [0.15, 0.2) is 0 Å². The highest BCUT2D eigenvalue weighted by atomic mass is 14.5. The molecule has 0 aromatic heterocycles. The summed E-state index contributed by atoms with van der Waals surface area (Å²) in [4.78, 5) is 0. The van der Waals surface area contributed by atoms with E-state index < -0.39 is 0 Å². The molecule has 9 aromatic rings. The molecule has 0 saturated heterocycles. The minimum atomic E-state index is -0.136. The maximum absolute atomic E-state index is 2.53. The molecule has 0 fully saturated rings. The van der Waals surface area contributed by atoms with E-state index in [1.165, 1.54) is 111 Å².